The molecule has 1 aromatic heterocycles. The molecule has 0 bridgehead atoms. The van der Waals surface area contributed by atoms with Crippen LogP contribution in [0.3, 0.4) is 0 Å². The number of hydrogen-bond donors (Lipinski definition) is 2. The van der Waals surface area contributed by atoms with Crippen molar-refractivity contribution >= 4 is 6.03 Å². The van der Waals surface area contributed by atoms with Gasteiger partial charge < -0.3 is 10.6 Å². The molecule has 0 saturated carbocycles. The van der Waals surface area contributed by atoms with E-state index in [2.05, 4.69) is 15.6 Å². The van der Waals surface area contributed by atoms with E-state index in [1.807, 2.05) is 32.0 Å². The molecule has 0 fully saturated rings. The molecule has 2 amide bonds. The van der Waals surface area contributed by atoms with Crippen molar-refractivity contribution in [2.24, 2.45) is 0 Å². The monoisotopic (exact) mass is 509 g/mol. The van der Waals surface area contributed by atoms with Crippen molar-refractivity contribution in [3.8, 4) is 0 Å². The van der Waals surface area contributed by atoms with Gasteiger partial charge in [0.25, 0.3) is 0 Å². The Hall–Kier alpha value is -3.56. The second-order valence-electron chi connectivity index (χ2n) is 8.08. The first-order valence-corrected chi connectivity index (χ1v) is 11.3. The largest absolute Gasteiger partial charge is 0.418 e. The molecule has 0 spiro atoms. The average Bonchev–Trinajstić information content (AvgIpc) is 2.84. The zero-order valence-electron chi connectivity index (χ0n) is 19.6. The van der Waals surface area contributed by atoms with Crippen LogP contribution in [0.25, 0.3) is 0 Å². The van der Waals surface area contributed by atoms with Gasteiger partial charge in [-0.1, -0.05) is 44.2 Å². The van der Waals surface area contributed by atoms with Crippen molar-refractivity contribution in [2.75, 3.05) is 0 Å². The summed E-state index contributed by atoms with van der Waals surface area (Å²) >= 11 is 0. The molecule has 192 valence electrons. The summed E-state index contributed by atoms with van der Waals surface area (Å²) in [5.41, 5.74) is 0.400. The molecule has 3 rings (SSSR count). The number of nitrogens with zero attached hydrogens (tertiary/aromatic N) is 1. The average molecular weight is 509 g/mol. The van der Waals surface area contributed by atoms with E-state index in [1.54, 1.807) is 0 Å². The number of rotatable bonds is 7. The number of nitrogens with one attached hydrogen (secondary N) is 2. The lowest BCUT2D eigenvalue weighted by Gasteiger charge is -2.23. The highest BCUT2D eigenvalue weighted by Gasteiger charge is 2.37. The van der Waals surface area contributed by atoms with E-state index in [1.165, 1.54) is 0 Å². The maximum absolute atomic E-state index is 13.7. The van der Waals surface area contributed by atoms with E-state index in [9.17, 15) is 31.1 Å². The minimum Gasteiger partial charge on any atom is -0.334 e. The Kier molecular flexibility index (Phi) is 8.27. The normalized spacial score (nSPS) is 12.8. The molecule has 0 aliphatic rings. The van der Waals surface area contributed by atoms with Gasteiger partial charge >= 0.3 is 18.4 Å². The van der Waals surface area contributed by atoms with Gasteiger partial charge in [0.05, 0.1) is 22.9 Å². The van der Waals surface area contributed by atoms with Crippen molar-refractivity contribution in [3.05, 3.63) is 99.9 Å². The van der Waals surface area contributed by atoms with E-state index in [4.69, 9.17) is 0 Å². The van der Waals surface area contributed by atoms with E-state index in [-0.39, 0.29) is 12.1 Å². The smallest absolute Gasteiger partial charge is 0.334 e. The Labute approximate surface area is 204 Å². The number of carbonyl (C=O) groups is 1. The molecule has 0 aliphatic carbocycles. The van der Waals surface area contributed by atoms with Gasteiger partial charge in [0.2, 0.25) is 0 Å². The fraction of sp³-hybridized carbons (Fsp3) is 0.308. The number of alkyl halides is 6. The number of aromatic nitrogens is 1. The third-order valence-electron chi connectivity index (χ3n) is 5.82. The number of aryl methyl sites for hydroxylation is 2. The molecule has 10 heteroatoms. The highest BCUT2D eigenvalue weighted by Crippen LogP contribution is 2.36. The van der Waals surface area contributed by atoms with Crippen molar-refractivity contribution in [1.82, 2.24) is 15.6 Å². The van der Waals surface area contributed by atoms with Gasteiger partial charge in [-0.05, 0) is 59.4 Å². The van der Waals surface area contributed by atoms with E-state index in [0.717, 1.165) is 72.1 Å². The number of carbonyl (C=O) groups excluding carboxylic acids is 1. The number of urea groups is 1. The number of benzene rings is 2. The third-order valence-corrected chi connectivity index (χ3v) is 5.82. The molecule has 3 aromatic rings. The molecular formula is C26H25F6N3O. The summed E-state index contributed by atoms with van der Waals surface area (Å²) in [7, 11) is 0. The predicted molar refractivity (Wildman–Crippen MR) is 123 cm³/mol. The van der Waals surface area contributed by atoms with E-state index < -0.39 is 41.2 Å². The summed E-state index contributed by atoms with van der Waals surface area (Å²) in [6, 6.07) is 9.03. The highest BCUT2D eigenvalue weighted by molar-refractivity contribution is 5.75. The van der Waals surface area contributed by atoms with Gasteiger partial charge in [0, 0.05) is 12.7 Å². The summed E-state index contributed by atoms with van der Waals surface area (Å²) in [5.74, 6) is 0. The van der Waals surface area contributed by atoms with Crippen LogP contribution in [0, 0.1) is 0 Å². The molecule has 0 unspecified atom stereocenters. The first-order chi connectivity index (χ1) is 17.0. The van der Waals surface area contributed by atoms with Crippen LogP contribution >= 0.6 is 0 Å². The van der Waals surface area contributed by atoms with Crippen LogP contribution in [0.1, 0.15) is 59.0 Å². The van der Waals surface area contributed by atoms with Gasteiger partial charge in [-0.25, -0.2) is 4.79 Å². The minimum atomic E-state index is -4.79. The van der Waals surface area contributed by atoms with Gasteiger partial charge in [-0.2, -0.15) is 26.3 Å². The van der Waals surface area contributed by atoms with Crippen molar-refractivity contribution < 1.29 is 31.1 Å². The number of halogens is 6. The lowest BCUT2D eigenvalue weighted by Crippen LogP contribution is -2.39. The molecule has 0 radical (unpaired) electrons. The zero-order valence-corrected chi connectivity index (χ0v) is 19.6. The van der Waals surface area contributed by atoms with Crippen LogP contribution in [-0.4, -0.2) is 11.0 Å². The molecular weight excluding hydrogens is 484 g/mol. The molecule has 2 aromatic carbocycles. The van der Waals surface area contributed by atoms with Crippen LogP contribution in [-0.2, 0) is 31.7 Å². The lowest BCUT2D eigenvalue weighted by molar-refractivity contribution is -0.139. The van der Waals surface area contributed by atoms with Crippen LogP contribution < -0.4 is 10.6 Å². The van der Waals surface area contributed by atoms with Gasteiger partial charge in [0.15, 0.2) is 0 Å². The quantitative estimate of drug-likeness (QED) is 0.343. The third kappa shape index (κ3) is 6.35. The Morgan fingerprint density at radius 1 is 0.861 bits per heavy atom. The van der Waals surface area contributed by atoms with Crippen LogP contribution in [0.15, 0.2) is 60.8 Å². The summed E-state index contributed by atoms with van der Waals surface area (Å²) in [6.07, 6.45) is -6.83. The second kappa shape index (κ2) is 11.0. The fourth-order valence-corrected chi connectivity index (χ4v) is 3.99. The van der Waals surface area contributed by atoms with Crippen LogP contribution in [0.4, 0.5) is 31.1 Å². The second-order valence-corrected chi connectivity index (χ2v) is 8.08. The van der Waals surface area contributed by atoms with E-state index >= 15 is 0 Å². The summed E-state index contributed by atoms with van der Waals surface area (Å²) in [5, 5.41) is 5.14. The minimum absolute atomic E-state index is 0.0190. The summed E-state index contributed by atoms with van der Waals surface area (Å²) in [6.45, 7) is 4.07. The number of pyridine rings is 1. The van der Waals surface area contributed by atoms with Gasteiger partial charge in [-0.3, -0.25) is 4.98 Å². The summed E-state index contributed by atoms with van der Waals surface area (Å²) < 4.78 is 80.2. The number of hydrogen-bond acceptors (Lipinski definition) is 2. The zero-order chi connectivity index (χ0) is 26.5. The lowest BCUT2D eigenvalue weighted by atomic mass is 9.97. The fourth-order valence-electron chi connectivity index (χ4n) is 3.99. The first kappa shape index (κ1) is 27.0. The van der Waals surface area contributed by atoms with E-state index in [0.29, 0.717) is 0 Å². The predicted octanol–water partition coefficient (Wildman–Crippen LogP) is 6.83. The molecule has 2 N–H and O–H groups in total. The maximum Gasteiger partial charge on any atom is 0.418 e. The van der Waals surface area contributed by atoms with Gasteiger partial charge in [-0.15, -0.1) is 0 Å². The highest BCUT2D eigenvalue weighted by atomic mass is 19.4. The first-order valence-electron chi connectivity index (χ1n) is 11.3. The Morgan fingerprint density at radius 3 is 2.00 bits per heavy atom. The standard InChI is InChI=1S/C26H25F6N3O/c1-3-16-7-5-8-17(4-2)20(16)15-34-24(36)35-22(18-10-12-19(13-11-18)25(27,28)29)23-21(26(30,31)32)9-6-14-33-23/h5-14,22H,3-4,15H2,1-2H3,(H2,34,35,36)/t22-/m0/s1. The molecule has 1 atom stereocenters. The topological polar surface area (TPSA) is 54.0 Å². The molecule has 36 heavy (non-hydrogen) atoms. The SMILES string of the molecule is CCc1cccc(CC)c1CNC(=O)N[C@@H](c1ccc(C(F)(F)F)cc1)c1ncccc1C(F)(F)F. The van der Waals surface area contributed by atoms with Crippen molar-refractivity contribution in [2.45, 2.75) is 51.6 Å². The molecule has 0 saturated heterocycles. The van der Waals surface area contributed by atoms with Crippen molar-refractivity contribution in [1.29, 1.82) is 0 Å². The van der Waals surface area contributed by atoms with Crippen LogP contribution in [0.2, 0.25) is 0 Å². The van der Waals surface area contributed by atoms with Crippen molar-refractivity contribution in [3.63, 3.8) is 0 Å². The maximum atomic E-state index is 13.7. The molecule has 4 nitrogen and oxygen atoms in total. The summed E-state index contributed by atoms with van der Waals surface area (Å²) in [4.78, 5) is 16.7. The Morgan fingerprint density at radius 2 is 1.47 bits per heavy atom. The Balaban J connectivity index is 1.94. The Bertz CT molecular complexity index is 1170. The molecule has 1 heterocycles. The molecule has 0 aliphatic heterocycles. The van der Waals surface area contributed by atoms with Crippen LogP contribution in [0.5, 0.6) is 0 Å². The number of amides is 2. The van der Waals surface area contributed by atoms with Gasteiger partial charge in [0.1, 0.15) is 0 Å².